The van der Waals surface area contributed by atoms with Gasteiger partial charge < -0.3 is 34.7 Å². The van der Waals surface area contributed by atoms with Gasteiger partial charge >= 0.3 is 0 Å². The van der Waals surface area contributed by atoms with Crippen LogP contribution in [0.25, 0.3) is 0 Å². The van der Waals surface area contributed by atoms with Gasteiger partial charge in [-0.1, -0.05) is 12.1 Å². The maximum Gasteiger partial charge on any atom is 0.270 e. The first-order valence-corrected chi connectivity index (χ1v) is 14.5. The fourth-order valence-electron chi connectivity index (χ4n) is 5.98. The predicted octanol–water partition coefficient (Wildman–Crippen LogP) is 2.95. The number of H-pyrrole nitrogens is 1. The number of methoxy groups -OCH3 is 1. The van der Waals surface area contributed by atoms with Gasteiger partial charge in [-0.2, -0.15) is 0 Å². The normalized spacial score (nSPS) is 20.5. The molecule has 11 heteroatoms. The Morgan fingerprint density at radius 2 is 1.88 bits per heavy atom. The van der Waals surface area contributed by atoms with Gasteiger partial charge in [0.1, 0.15) is 17.5 Å². The van der Waals surface area contributed by atoms with E-state index in [9.17, 15) is 19.2 Å². The minimum atomic E-state index is -0.540. The molecule has 3 amide bonds. The number of aryl methyl sites for hydroxylation is 1. The van der Waals surface area contributed by atoms with Gasteiger partial charge in [0.25, 0.3) is 17.7 Å². The SMILES string of the molecule is COc1ccc2cc1OCC(=O)NCc1ccc(cc1)O[C@@H]1CCN(C(=O)c3[nH]c4c(c3C)C(=O)CCC4)C[C@@H]1NC2=O. The summed E-state index contributed by atoms with van der Waals surface area (Å²) in [6.07, 6.45) is 2.05. The molecule has 3 aliphatic heterocycles. The minimum absolute atomic E-state index is 0.0654. The average Bonchev–Trinajstić information content (AvgIpc) is 3.36. The number of amides is 3. The van der Waals surface area contributed by atoms with Gasteiger partial charge in [0.15, 0.2) is 23.9 Å². The van der Waals surface area contributed by atoms with E-state index in [0.717, 1.165) is 24.1 Å². The number of ketones is 1. The summed E-state index contributed by atoms with van der Waals surface area (Å²) in [5.41, 5.74) is 3.75. The first kappa shape index (κ1) is 28.3. The van der Waals surface area contributed by atoms with E-state index >= 15 is 0 Å². The third-order valence-corrected chi connectivity index (χ3v) is 8.29. The van der Waals surface area contributed by atoms with Crippen LogP contribution in [0.2, 0.25) is 0 Å². The van der Waals surface area contributed by atoms with Crippen LogP contribution >= 0.6 is 0 Å². The highest BCUT2D eigenvalue weighted by Gasteiger charge is 2.37. The van der Waals surface area contributed by atoms with Crippen molar-refractivity contribution in [3.8, 4) is 17.2 Å². The molecule has 1 fully saturated rings. The van der Waals surface area contributed by atoms with E-state index in [1.165, 1.54) is 13.2 Å². The van der Waals surface area contributed by atoms with Crippen LogP contribution in [-0.2, 0) is 17.8 Å². The number of carbonyl (C=O) groups is 4. The Balaban J connectivity index is 1.29. The molecule has 4 bridgehead atoms. The van der Waals surface area contributed by atoms with Crippen molar-refractivity contribution in [3.05, 3.63) is 76.1 Å². The molecule has 4 aliphatic rings. The van der Waals surface area contributed by atoms with Crippen LogP contribution in [0.1, 0.15) is 67.3 Å². The summed E-state index contributed by atoms with van der Waals surface area (Å²) in [6.45, 7) is 2.50. The number of rotatable bonds is 2. The number of nitrogens with one attached hydrogen (secondary N) is 3. The Hall–Kier alpha value is -4.80. The average molecular weight is 587 g/mol. The lowest BCUT2D eigenvalue weighted by molar-refractivity contribution is -0.123. The summed E-state index contributed by atoms with van der Waals surface area (Å²) in [5, 5.41) is 5.89. The van der Waals surface area contributed by atoms with Crippen molar-refractivity contribution in [2.45, 2.75) is 51.3 Å². The zero-order chi connectivity index (χ0) is 30.1. The van der Waals surface area contributed by atoms with Gasteiger partial charge in [0, 0.05) is 49.3 Å². The maximum atomic E-state index is 13.8. The van der Waals surface area contributed by atoms with Crippen molar-refractivity contribution in [3.63, 3.8) is 0 Å². The first-order chi connectivity index (χ1) is 20.8. The van der Waals surface area contributed by atoms with E-state index < -0.39 is 12.1 Å². The number of fused-ring (bicyclic) bond motifs is 8. The molecule has 0 saturated carbocycles. The topological polar surface area (TPSA) is 139 Å². The summed E-state index contributed by atoms with van der Waals surface area (Å²) in [4.78, 5) is 57.2. The zero-order valence-electron chi connectivity index (χ0n) is 24.2. The van der Waals surface area contributed by atoms with Crippen LogP contribution in [-0.4, -0.2) is 72.3 Å². The molecule has 1 aromatic heterocycles. The van der Waals surface area contributed by atoms with Crippen LogP contribution in [0.3, 0.4) is 0 Å². The van der Waals surface area contributed by atoms with Crippen molar-refractivity contribution in [2.24, 2.45) is 0 Å². The Bertz CT molecular complexity index is 1580. The van der Waals surface area contributed by atoms with Gasteiger partial charge in [-0.25, -0.2) is 0 Å². The highest BCUT2D eigenvalue weighted by Crippen LogP contribution is 2.30. The summed E-state index contributed by atoms with van der Waals surface area (Å²) >= 11 is 0. The van der Waals surface area contributed by atoms with Crippen molar-refractivity contribution >= 4 is 23.5 Å². The van der Waals surface area contributed by atoms with Crippen LogP contribution in [0, 0.1) is 6.92 Å². The number of hydrogen-bond acceptors (Lipinski definition) is 7. The highest BCUT2D eigenvalue weighted by molar-refractivity contribution is 6.04. The molecule has 11 nitrogen and oxygen atoms in total. The summed E-state index contributed by atoms with van der Waals surface area (Å²) in [6, 6.07) is 11.6. The van der Waals surface area contributed by atoms with Gasteiger partial charge in [0.2, 0.25) is 0 Å². The Kier molecular flexibility index (Phi) is 7.79. The monoisotopic (exact) mass is 586 g/mol. The largest absolute Gasteiger partial charge is 0.493 e. The minimum Gasteiger partial charge on any atom is -0.493 e. The molecular weight excluding hydrogens is 552 g/mol. The number of Topliss-reactive ketones (excluding diaryl/α,β-unsaturated/α-hetero) is 1. The van der Waals surface area contributed by atoms with Gasteiger partial charge in [-0.3, -0.25) is 19.2 Å². The third kappa shape index (κ3) is 5.79. The zero-order valence-corrected chi connectivity index (χ0v) is 24.2. The molecule has 2 atom stereocenters. The number of piperidine rings is 1. The molecular formula is C32H34N4O7. The Labute approximate surface area is 248 Å². The molecule has 2 aromatic carbocycles. The first-order valence-electron chi connectivity index (χ1n) is 14.5. The Morgan fingerprint density at radius 1 is 1.07 bits per heavy atom. The number of carbonyl (C=O) groups excluding carboxylic acids is 4. The van der Waals surface area contributed by atoms with Crippen LogP contribution in [0.5, 0.6) is 17.2 Å². The van der Waals surface area contributed by atoms with Crippen LogP contribution < -0.4 is 24.8 Å². The quantitative estimate of drug-likeness (QED) is 0.420. The second-order valence-electron chi connectivity index (χ2n) is 11.1. The standard InChI is InChI=1S/C32H34N4O7/c1-18-29-22(4-3-5-24(29)37)34-30(18)32(40)36-13-12-25-23(16-36)35-31(39)20-8-11-26(41-2)27(14-20)42-17-28(38)33-15-19-6-9-21(43-25)10-7-19/h6-11,14,23,25,34H,3-5,12-13,15-17H2,1-2H3,(H,33,38)(H,35,39)/t23-,25+/m0/s1. The third-order valence-electron chi connectivity index (χ3n) is 8.29. The van der Waals surface area contributed by atoms with Crippen molar-refractivity contribution < 1.29 is 33.4 Å². The maximum absolute atomic E-state index is 13.8. The molecule has 7 rings (SSSR count). The van der Waals surface area contributed by atoms with Gasteiger partial charge in [-0.15, -0.1) is 0 Å². The fraction of sp³-hybridized carbons (Fsp3) is 0.375. The fourth-order valence-corrected chi connectivity index (χ4v) is 5.98. The molecule has 43 heavy (non-hydrogen) atoms. The molecule has 224 valence electrons. The van der Waals surface area contributed by atoms with Crippen LogP contribution in [0.4, 0.5) is 0 Å². The van der Waals surface area contributed by atoms with Gasteiger partial charge in [0.05, 0.1) is 13.2 Å². The van der Waals surface area contributed by atoms with Crippen molar-refractivity contribution in [1.82, 2.24) is 20.5 Å². The lowest BCUT2D eigenvalue weighted by atomic mass is 9.93. The van der Waals surface area contributed by atoms with Crippen molar-refractivity contribution in [2.75, 3.05) is 26.8 Å². The van der Waals surface area contributed by atoms with E-state index in [1.54, 1.807) is 17.0 Å². The predicted molar refractivity (Wildman–Crippen MR) is 156 cm³/mol. The smallest absolute Gasteiger partial charge is 0.270 e. The van der Waals surface area contributed by atoms with E-state index in [4.69, 9.17) is 14.2 Å². The lowest BCUT2D eigenvalue weighted by Crippen LogP contribution is -2.58. The van der Waals surface area contributed by atoms with Crippen molar-refractivity contribution in [1.29, 1.82) is 0 Å². The number of benzene rings is 2. The summed E-state index contributed by atoms with van der Waals surface area (Å²) < 4.78 is 17.4. The second kappa shape index (κ2) is 11.8. The van der Waals surface area contributed by atoms with E-state index in [1.807, 2.05) is 31.2 Å². The van der Waals surface area contributed by atoms with E-state index in [0.29, 0.717) is 59.8 Å². The number of likely N-dealkylation sites (tertiary alicyclic amines) is 1. The number of aromatic amines is 1. The highest BCUT2D eigenvalue weighted by atomic mass is 16.5. The second-order valence-corrected chi connectivity index (χ2v) is 11.1. The molecule has 0 radical (unpaired) electrons. The molecule has 1 saturated heterocycles. The van der Waals surface area contributed by atoms with E-state index in [2.05, 4.69) is 15.6 Å². The summed E-state index contributed by atoms with van der Waals surface area (Å²) in [5.74, 6) is 0.405. The number of aromatic nitrogens is 1. The number of ether oxygens (including phenoxy) is 3. The molecule has 0 unspecified atom stereocenters. The number of hydrogen-bond donors (Lipinski definition) is 3. The molecule has 3 N–H and O–H groups in total. The lowest BCUT2D eigenvalue weighted by Gasteiger charge is -2.38. The van der Waals surface area contributed by atoms with Gasteiger partial charge in [-0.05, 0) is 61.2 Å². The molecule has 3 aromatic rings. The Morgan fingerprint density at radius 3 is 2.65 bits per heavy atom. The number of nitrogens with zero attached hydrogens (tertiary/aromatic N) is 1. The summed E-state index contributed by atoms with van der Waals surface area (Å²) in [7, 11) is 1.48. The molecule has 0 spiro atoms. The molecule has 1 aliphatic carbocycles. The van der Waals surface area contributed by atoms with Crippen LogP contribution in [0.15, 0.2) is 42.5 Å². The molecule has 4 heterocycles. The van der Waals surface area contributed by atoms with E-state index in [-0.39, 0.29) is 42.4 Å².